The van der Waals surface area contributed by atoms with Crippen molar-refractivity contribution in [3.63, 3.8) is 0 Å². The van der Waals surface area contributed by atoms with E-state index in [0.717, 1.165) is 16.3 Å². The Labute approximate surface area is 147 Å². The largest absolute Gasteiger partial charge is 0.497 e. The fraction of sp³-hybridized carbons (Fsp3) is 0.263. The van der Waals surface area contributed by atoms with E-state index in [1.807, 2.05) is 42.5 Å². The summed E-state index contributed by atoms with van der Waals surface area (Å²) in [5.41, 5.74) is 4.94. The maximum Gasteiger partial charge on any atom is 0.186 e. The maximum atomic E-state index is 11.9. The zero-order valence-electron chi connectivity index (χ0n) is 14.4. The number of Topliss-reactive ketones (excluding diaryl/α,β-unsaturated/α-hetero) is 1. The molecule has 0 heterocycles. The summed E-state index contributed by atoms with van der Waals surface area (Å²) in [5, 5.41) is 4.71. The number of hydrogen-bond donors (Lipinski definition) is 1. The second-order valence-electron chi connectivity index (χ2n) is 5.61. The second kappa shape index (κ2) is 8.55. The van der Waals surface area contributed by atoms with Gasteiger partial charge in [-0.3, -0.25) is 10.2 Å². The Morgan fingerprint density at radius 2 is 1.79 bits per heavy atom. The Hall–Kier alpha value is -2.27. The molecule has 0 fully saturated rings. The molecule has 126 valence electrons. The number of nitrogens with one attached hydrogen (secondary N) is 1. The Balaban J connectivity index is 2.18. The quantitative estimate of drug-likeness (QED) is 0.350. The van der Waals surface area contributed by atoms with Gasteiger partial charge in [0.15, 0.2) is 10.8 Å². The first kappa shape index (κ1) is 18.1. The van der Waals surface area contributed by atoms with E-state index in [4.69, 9.17) is 4.74 Å². The van der Waals surface area contributed by atoms with Crippen molar-refractivity contribution in [2.45, 2.75) is 31.6 Å². The highest BCUT2D eigenvalue weighted by Crippen LogP contribution is 2.29. The lowest BCUT2D eigenvalue weighted by atomic mass is 10.0. The topological polar surface area (TPSA) is 50.7 Å². The minimum absolute atomic E-state index is 0.0698. The number of ether oxygens (including phenoxy) is 1. The molecule has 24 heavy (non-hydrogen) atoms. The molecule has 0 atom stereocenters. The zero-order valence-corrected chi connectivity index (χ0v) is 15.2. The molecular formula is C19H22N2O2S. The molecule has 2 aromatic rings. The predicted octanol–water partition coefficient (Wildman–Crippen LogP) is 4.93. The average molecular weight is 342 g/mol. The van der Waals surface area contributed by atoms with Crippen molar-refractivity contribution in [3.8, 4) is 5.75 Å². The zero-order chi connectivity index (χ0) is 17.5. The molecular weight excluding hydrogens is 320 g/mol. The number of hydrazone groups is 1. The second-order valence-corrected chi connectivity index (χ2v) is 6.64. The Morgan fingerprint density at radius 3 is 2.38 bits per heavy atom. The molecule has 0 bridgehead atoms. The van der Waals surface area contributed by atoms with Crippen LogP contribution in [0.15, 0.2) is 58.5 Å². The lowest BCUT2D eigenvalue weighted by Crippen LogP contribution is -2.09. The number of thioether (sulfide) groups is 1. The molecule has 0 radical (unpaired) electrons. The van der Waals surface area contributed by atoms with Gasteiger partial charge in [-0.2, -0.15) is 5.10 Å². The Morgan fingerprint density at radius 1 is 1.12 bits per heavy atom. The first-order valence-electron chi connectivity index (χ1n) is 7.76. The summed E-state index contributed by atoms with van der Waals surface area (Å²) in [5.74, 6) is 1.09. The van der Waals surface area contributed by atoms with Crippen LogP contribution in [0, 0.1) is 0 Å². The van der Waals surface area contributed by atoms with Crippen molar-refractivity contribution in [1.29, 1.82) is 0 Å². The molecule has 5 heteroatoms. The number of hydrogen-bond acceptors (Lipinski definition) is 5. The van der Waals surface area contributed by atoms with Crippen LogP contribution < -0.4 is 10.2 Å². The van der Waals surface area contributed by atoms with E-state index in [-0.39, 0.29) is 5.78 Å². The standard InChI is InChI=1S/C19H22N2O2S/c1-13(2)17-7-5-6-8-18(17)24-19(14(3)22)21-20-15-9-11-16(23-4)12-10-15/h5-13,20H,1-4H3/b21-19+. The van der Waals surface area contributed by atoms with Crippen molar-refractivity contribution < 1.29 is 9.53 Å². The molecule has 2 rings (SSSR count). The van der Waals surface area contributed by atoms with E-state index < -0.39 is 0 Å². The van der Waals surface area contributed by atoms with Gasteiger partial charge in [0.25, 0.3) is 0 Å². The lowest BCUT2D eigenvalue weighted by Gasteiger charge is -2.12. The summed E-state index contributed by atoms with van der Waals surface area (Å²) in [6.45, 7) is 5.80. The van der Waals surface area contributed by atoms with Gasteiger partial charge in [-0.05, 0) is 41.8 Å². The number of anilines is 1. The van der Waals surface area contributed by atoms with E-state index in [1.165, 1.54) is 24.2 Å². The number of carbonyl (C=O) groups is 1. The van der Waals surface area contributed by atoms with Crippen molar-refractivity contribution in [2.75, 3.05) is 12.5 Å². The van der Waals surface area contributed by atoms with Crippen LogP contribution in [0.25, 0.3) is 0 Å². The minimum Gasteiger partial charge on any atom is -0.497 e. The van der Waals surface area contributed by atoms with Gasteiger partial charge in [0.2, 0.25) is 0 Å². The van der Waals surface area contributed by atoms with Gasteiger partial charge in [-0.1, -0.05) is 43.8 Å². The van der Waals surface area contributed by atoms with Crippen molar-refractivity contribution in [1.82, 2.24) is 0 Å². The third-order valence-electron chi connectivity index (χ3n) is 3.43. The molecule has 2 aromatic carbocycles. The highest BCUT2D eigenvalue weighted by molar-refractivity contribution is 8.15. The third-order valence-corrected chi connectivity index (χ3v) is 4.59. The maximum absolute atomic E-state index is 11.9. The summed E-state index contributed by atoms with van der Waals surface area (Å²) in [6.07, 6.45) is 0. The first-order valence-corrected chi connectivity index (χ1v) is 8.58. The van der Waals surface area contributed by atoms with Crippen LogP contribution in [0.4, 0.5) is 5.69 Å². The fourth-order valence-electron chi connectivity index (χ4n) is 2.11. The summed E-state index contributed by atoms with van der Waals surface area (Å²) >= 11 is 1.39. The molecule has 0 unspecified atom stereocenters. The summed E-state index contributed by atoms with van der Waals surface area (Å²) < 4.78 is 5.13. The number of rotatable bonds is 6. The Kier molecular flexibility index (Phi) is 6.44. The van der Waals surface area contributed by atoms with Gasteiger partial charge in [-0.15, -0.1) is 0 Å². The van der Waals surface area contributed by atoms with Gasteiger partial charge in [0.05, 0.1) is 12.8 Å². The van der Waals surface area contributed by atoms with Crippen LogP contribution in [0.5, 0.6) is 5.75 Å². The number of ketones is 1. The van der Waals surface area contributed by atoms with Gasteiger partial charge >= 0.3 is 0 Å². The SMILES string of the molecule is COc1ccc(N/N=C(/Sc2ccccc2C(C)C)C(C)=O)cc1. The predicted molar refractivity (Wildman–Crippen MR) is 101 cm³/mol. The number of carbonyl (C=O) groups excluding carboxylic acids is 1. The third kappa shape index (κ3) is 4.86. The van der Waals surface area contributed by atoms with Gasteiger partial charge in [0, 0.05) is 11.8 Å². The molecule has 0 aliphatic carbocycles. The summed E-state index contributed by atoms with van der Waals surface area (Å²) in [6, 6.07) is 15.5. The molecule has 0 saturated heterocycles. The van der Waals surface area contributed by atoms with E-state index >= 15 is 0 Å². The lowest BCUT2D eigenvalue weighted by molar-refractivity contribution is -0.110. The highest BCUT2D eigenvalue weighted by Gasteiger charge is 2.13. The molecule has 0 amide bonds. The molecule has 0 aliphatic heterocycles. The van der Waals surface area contributed by atoms with Crippen LogP contribution in [0.3, 0.4) is 0 Å². The van der Waals surface area contributed by atoms with Crippen LogP contribution in [0.1, 0.15) is 32.3 Å². The number of benzene rings is 2. The fourth-order valence-corrected chi connectivity index (χ4v) is 3.12. The molecule has 4 nitrogen and oxygen atoms in total. The van der Waals surface area contributed by atoms with Crippen LogP contribution in [-0.2, 0) is 4.79 Å². The molecule has 1 N–H and O–H groups in total. The smallest absolute Gasteiger partial charge is 0.186 e. The highest BCUT2D eigenvalue weighted by atomic mass is 32.2. The van der Waals surface area contributed by atoms with E-state index in [1.54, 1.807) is 7.11 Å². The summed E-state index contributed by atoms with van der Waals surface area (Å²) in [4.78, 5) is 13.0. The van der Waals surface area contributed by atoms with Crippen molar-refractivity contribution >= 4 is 28.3 Å². The monoisotopic (exact) mass is 342 g/mol. The molecule has 0 spiro atoms. The molecule has 0 aromatic heterocycles. The van der Waals surface area contributed by atoms with Gasteiger partial charge in [-0.25, -0.2) is 0 Å². The molecule has 0 saturated carbocycles. The normalized spacial score (nSPS) is 11.5. The summed E-state index contributed by atoms with van der Waals surface area (Å²) in [7, 11) is 1.62. The average Bonchev–Trinajstić information content (AvgIpc) is 2.59. The van der Waals surface area contributed by atoms with Crippen molar-refractivity contribution in [3.05, 3.63) is 54.1 Å². The molecule has 0 aliphatic rings. The van der Waals surface area contributed by atoms with Crippen LogP contribution in [-0.4, -0.2) is 17.9 Å². The van der Waals surface area contributed by atoms with E-state index in [9.17, 15) is 4.79 Å². The van der Waals surface area contributed by atoms with E-state index in [0.29, 0.717) is 11.0 Å². The van der Waals surface area contributed by atoms with Crippen molar-refractivity contribution in [2.24, 2.45) is 5.10 Å². The minimum atomic E-state index is -0.0698. The number of methoxy groups -OCH3 is 1. The number of nitrogens with zero attached hydrogens (tertiary/aromatic N) is 1. The van der Waals surface area contributed by atoms with E-state index in [2.05, 4.69) is 30.4 Å². The van der Waals surface area contributed by atoms with Crippen LogP contribution in [0.2, 0.25) is 0 Å². The van der Waals surface area contributed by atoms with Gasteiger partial charge in [0.1, 0.15) is 5.75 Å². The van der Waals surface area contributed by atoms with Crippen LogP contribution >= 0.6 is 11.8 Å². The first-order chi connectivity index (χ1) is 11.5. The Bertz CT molecular complexity index is 724. The van der Waals surface area contributed by atoms with Gasteiger partial charge < -0.3 is 4.74 Å².